The minimum atomic E-state index is -0.799. The van der Waals surface area contributed by atoms with Crippen LogP contribution in [0.15, 0.2) is 85.0 Å². The maximum absolute atomic E-state index is 13.7. The molecule has 256 valence electrons. The fraction of sp³-hybridized carbons (Fsp3) is 0.475. The van der Waals surface area contributed by atoms with Crippen LogP contribution in [0.25, 0.3) is 0 Å². The highest BCUT2D eigenvalue weighted by Crippen LogP contribution is 2.30. The second kappa shape index (κ2) is 16.3. The SMILES string of the molecule is C=C1/C=C\C=C/C[C@H](NC(=O)[C@@H]2C[C@H](c3ccc(C[C@H](NC(=O)OC(C)(C)C)C(=O)N[C@@H]4CCCc5ccccc54)cc3)CN2)CCC1. The highest BCUT2D eigenvalue weighted by atomic mass is 16.6. The summed E-state index contributed by atoms with van der Waals surface area (Å²) >= 11 is 0. The fourth-order valence-corrected chi connectivity index (χ4v) is 6.91. The van der Waals surface area contributed by atoms with Gasteiger partial charge >= 0.3 is 6.09 Å². The Bertz CT molecular complexity index is 1510. The van der Waals surface area contributed by atoms with Crippen LogP contribution < -0.4 is 21.3 Å². The first-order chi connectivity index (χ1) is 23.0. The smallest absolute Gasteiger partial charge is 0.408 e. The molecule has 0 spiro atoms. The minimum Gasteiger partial charge on any atom is -0.444 e. The lowest BCUT2D eigenvalue weighted by atomic mass is 9.87. The summed E-state index contributed by atoms with van der Waals surface area (Å²) in [4.78, 5) is 39.7. The quantitative estimate of drug-likeness (QED) is 0.261. The zero-order valence-electron chi connectivity index (χ0n) is 28.7. The summed E-state index contributed by atoms with van der Waals surface area (Å²) < 4.78 is 5.51. The van der Waals surface area contributed by atoms with Gasteiger partial charge in [0.25, 0.3) is 0 Å². The third kappa shape index (κ3) is 10.2. The van der Waals surface area contributed by atoms with Crippen molar-refractivity contribution in [2.75, 3.05) is 6.54 Å². The molecule has 0 unspecified atom stereocenters. The zero-order chi connectivity index (χ0) is 34.1. The highest BCUT2D eigenvalue weighted by Gasteiger charge is 2.32. The van der Waals surface area contributed by atoms with Crippen molar-refractivity contribution in [3.63, 3.8) is 0 Å². The molecule has 2 aromatic rings. The molecule has 5 rings (SSSR count). The number of nitrogens with one attached hydrogen (secondary N) is 4. The molecular formula is C40H52N4O4. The van der Waals surface area contributed by atoms with Gasteiger partial charge in [-0.25, -0.2) is 4.79 Å². The van der Waals surface area contributed by atoms with Crippen molar-refractivity contribution in [2.45, 2.75) is 114 Å². The van der Waals surface area contributed by atoms with Gasteiger partial charge in [-0.2, -0.15) is 0 Å². The van der Waals surface area contributed by atoms with Crippen molar-refractivity contribution >= 4 is 17.9 Å². The standard InChI is InChI=1S/C40H52N4O4/c1-27-12-6-5-7-16-32(17-10-13-27)42-37(45)35-25-31(26-41-35)29-22-20-28(21-23-29)24-36(44-39(47)48-40(2,3)4)38(46)43-34-19-11-15-30-14-8-9-18-33(30)34/h5-9,12,14,18,20-23,31-32,34-36,41H,1,10-11,13,15-17,19,24-26H2,2-4H3,(H,42,45)(H,43,46)(H,44,47)/b7-5-,12-6-/t31-,32-,34+,35-,36-/m0/s1. The summed E-state index contributed by atoms with van der Waals surface area (Å²) in [6, 6.07) is 15.4. The molecule has 1 saturated heterocycles. The molecule has 5 atom stereocenters. The molecular weight excluding hydrogens is 600 g/mol. The molecule has 0 bridgehead atoms. The van der Waals surface area contributed by atoms with E-state index in [-0.39, 0.29) is 35.9 Å². The van der Waals surface area contributed by atoms with Crippen LogP contribution in [-0.2, 0) is 27.2 Å². The zero-order valence-corrected chi connectivity index (χ0v) is 28.7. The van der Waals surface area contributed by atoms with E-state index >= 15 is 0 Å². The van der Waals surface area contributed by atoms with Crippen LogP contribution in [0.3, 0.4) is 0 Å². The monoisotopic (exact) mass is 652 g/mol. The number of carbonyl (C=O) groups is 3. The number of benzene rings is 2. The van der Waals surface area contributed by atoms with Gasteiger partial charge in [-0.05, 0) is 100 Å². The number of ether oxygens (including phenoxy) is 1. The Morgan fingerprint density at radius 1 is 0.979 bits per heavy atom. The Kier molecular flexibility index (Phi) is 11.9. The van der Waals surface area contributed by atoms with E-state index in [1.807, 2.05) is 36.4 Å². The molecule has 2 aromatic carbocycles. The third-order valence-electron chi connectivity index (χ3n) is 9.43. The lowest BCUT2D eigenvalue weighted by molar-refractivity contribution is -0.124. The van der Waals surface area contributed by atoms with Crippen molar-refractivity contribution < 1.29 is 19.1 Å². The van der Waals surface area contributed by atoms with Gasteiger partial charge in [0.15, 0.2) is 0 Å². The first-order valence-electron chi connectivity index (χ1n) is 17.6. The molecule has 4 N–H and O–H groups in total. The Hall–Kier alpha value is -4.17. The number of carbonyl (C=O) groups excluding carboxylic acids is 3. The van der Waals surface area contributed by atoms with Gasteiger partial charge in [-0.1, -0.05) is 85.0 Å². The first-order valence-corrected chi connectivity index (χ1v) is 17.6. The molecule has 0 aromatic heterocycles. The van der Waals surface area contributed by atoms with Crippen molar-refractivity contribution in [2.24, 2.45) is 0 Å². The average molecular weight is 653 g/mol. The summed E-state index contributed by atoms with van der Waals surface area (Å²) in [5.74, 6) is 0.0343. The Morgan fingerprint density at radius 3 is 2.54 bits per heavy atom. The number of allylic oxidation sites excluding steroid dienone is 4. The van der Waals surface area contributed by atoms with Crippen LogP contribution in [0.5, 0.6) is 0 Å². The van der Waals surface area contributed by atoms with Crippen molar-refractivity contribution in [1.29, 1.82) is 0 Å². The average Bonchev–Trinajstić information content (AvgIpc) is 3.55. The molecule has 48 heavy (non-hydrogen) atoms. The van der Waals surface area contributed by atoms with E-state index in [2.05, 4.69) is 64.3 Å². The minimum absolute atomic E-state index is 0.0570. The second-order valence-electron chi connectivity index (χ2n) is 14.5. The van der Waals surface area contributed by atoms with Crippen LogP contribution in [0.1, 0.15) is 99.9 Å². The lowest BCUT2D eigenvalue weighted by Gasteiger charge is -2.29. The molecule has 1 heterocycles. The van der Waals surface area contributed by atoms with Gasteiger partial charge in [0.2, 0.25) is 11.8 Å². The normalized spacial score (nSPS) is 24.8. The van der Waals surface area contributed by atoms with E-state index in [0.29, 0.717) is 6.42 Å². The summed E-state index contributed by atoms with van der Waals surface area (Å²) in [5.41, 5.74) is 4.91. The van der Waals surface area contributed by atoms with Crippen LogP contribution in [-0.4, -0.2) is 48.2 Å². The molecule has 3 amide bonds. The lowest BCUT2D eigenvalue weighted by Crippen LogP contribution is -2.50. The second-order valence-corrected chi connectivity index (χ2v) is 14.5. The van der Waals surface area contributed by atoms with E-state index < -0.39 is 17.7 Å². The maximum atomic E-state index is 13.7. The molecule has 3 aliphatic rings. The predicted octanol–water partition coefficient (Wildman–Crippen LogP) is 6.49. The van der Waals surface area contributed by atoms with Crippen LogP contribution in [0, 0.1) is 0 Å². The summed E-state index contributed by atoms with van der Waals surface area (Å²) in [7, 11) is 0. The molecule has 1 fully saturated rings. The van der Waals surface area contributed by atoms with Crippen molar-refractivity contribution in [1.82, 2.24) is 21.3 Å². The summed E-state index contributed by atoms with van der Waals surface area (Å²) in [6.45, 7) is 10.2. The van der Waals surface area contributed by atoms with Crippen molar-refractivity contribution in [3.05, 3.63) is 107 Å². The van der Waals surface area contributed by atoms with Crippen LogP contribution in [0.2, 0.25) is 0 Å². The van der Waals surface area contributed by atoms with Gasteiger partial charge in [0, 0.05) is 19.0 Å². The van der Waals surface area contributed by atoms with Gasteiger partial charge in [0.1, 0.15) is 11.6 Å². The van der Waals surface area contributed by atoms with E-state index in [9.17, 15) is 14.4 Å². The van der Waals surface area contributed by atoms with E-state index in [1.54, 1.807) is 20.8 Å². The Morgan fingerprint density at radius 2 is 1.75 bits per heavy atom. The van der Waals surface area contributed by atoms with Crippen molar-refractivity contribution in [3.8, 4) is 0 Å². The number of amides is 3. The predicted molar refractivity (Wildman–Crippen MR) is 191 cm³/mol. The molecule has 0 saturated carbocycles. The van der Waals surface area contributed by atoms with Crippen LogP contribution >= 0.6 is 0 Å². The number of aryl methyl sites for hydroxylation is 1. The maximum Gasteiger partial charge on any atom is 0.408 e. The van der Waals surface area contributed by atoms with Gasteiger partial charge < -0.3 is 26.0 Å². The molecule has 1 aliphatic heterocycles. The van der Waals surface area contributed by atoms with E-state index in [0.717, 1.165) is 80.2 Å². The van der Waals surface area contributed by atoms with E-state index in [4.69, 9.17) is 4.74 Å². The number of alkyl carbamates (subject to hydrolysis) is 1. The Labute approximate surface area is 285 Å². The molecule has 2 aliphatic carbocycles. The topological polar surface area (TPSA) is 109 Å². The van der Waals surface area contributed by atoms with E-state index in [1.165, 1.54) is 5.56 Å². The largest absolute Gasteiger partial charge is 0.444 e. The van der Waals surface area contributed by atoms with Crippen LogP contribution in [0.4, 0.5) is 4.79 Å². The molecule has 0 radical (unpaired) electrons. The number of fused-ring (bicyclic) bond motifs is 1. The Balaban J connectivity index is 1.19. The number of hydrogen-bond donors (Lipinski definition) is 4. The van der Waals surface area contributed by atoms with Gasteiger partial charge in [-0.3, -0.25) is 9.59 Å². The summed E-state index contributed by atoms with van der Waals surface area (Å²) in [5, 5.41) is 12.8. The number of hydrogen-bond acceptors (Lipinski definition) is 5. The first kappa shape index (κ1) is 35.1. The molecule has 8 heteroatoms. The highest BCUT2D eigenvalue weighted by molar-refractivity contribution is 5.86. The third-order valence-corrected chi connectivity index (χ3v) is 9.43. The molecule has 8 nitrogen and oxygen atoms in total. The van der Waals surface area contributed by atoms with Gasteiger partial charge in [0.05, 0.1) is 12.1 Å². The fourth-order valence-electron chi connectivity index (χ4n) is 6.91. The number of rotatable bonds is 8. The van der Waals surface area contributed by atoms with Gasteiger partial charge in [-0.15, -0.1) is 0 Å². The summed E-state index contributed by atoms with van der Waals surface area (Å²) in [6.07, 6.45) is 15.2.